The Kier molecular flexibility index (Phi) is 4.48. The van der Waals surface area contributed by atoms with Crippen molar-refractivity contribution in [2.45, 2.75) is 6.18 Å². The van der Waals surface area contributed by atoms with E-state index in [0.29, 0.717) is 11.3 Å². The van der Waals surface area contributed by atoms with E-state index in [2.05, 4.69) is 20.5 Å². The van der Waals surface area contributed by atoms with E-state index in [0.717, 1.165) is 12.1 Å². The minimum Gasteiger partial charge on any atom is -0.402 e. The van der Waals surface area contributed by atoms with Gasteiger partial charge in [0.05, 0.1) is 16.8 Å². The Morgan fingerprint density at radius 3 is 2.54 bits per heavy atom. The smallest absolute Gasteiger partial charge is 0.402 e. The molecule has 0 spiro atoms. The van der Waals surface area contributed by atoms with Gasteiger partial charge in [0.2, 0.25) is 0 Å². The fourth-order valence-corrected chi connectivity index (χ4v) is 2.19. The first kappa shape index (κ1) is 17.3. The molecule has 0 bridgehead atoms. The average Bonchev–Trinajstić information content (AvgIpc) is 3.02. The minimum atomic E-state index is -4.43. The summed E-state index contributed by atoms with van der Waals surface area (Å²) >= 11 is 0. The SMILES string of the molecule is NC(N)=Nc1nnc(-c2ccccc2Nc2cccc(C(F)(F)F)c2)o1. The second-order valence-electron chi connectivity index (χ2n) is 5.18. The molecule has 26 heavy (non-hydrogen) atoms. The van der Waals surface area contributed by atoms with Crippen LogP contribution in [0.1, 0.15) is 5.56 Å². The van der Waals surface area contributed by atoms with Gasteiger partial charge in [0.25, 0.3) is 5.89 Å². The van der Waals surface area contributed by atoms with Gasteiger partial charge in [-0.25, -0.2) is 0 Å². The topological polar surface area (TPSA) is 115 Å². The van der Waals surface area contributed by atoms with Crippen LogP contribution in [0.3, 0.4) is 0 Å². The van der Waals surface area contributed by atoms with Crippen LogP contribution in [0.25, 0.3) is 11.5 Å². The predicted octanol–water partition coefficient (Wildman–Crippen LogP) is 3.40. The van der Waals surface area contributed by atoms with Gasteiger partial charge < -0.3 is 21.2 Å². The zero-order valence-electron chi connectivity index (χ0n) is 13.2. The number of guanidine groups is 1. The van der Waals surface area contributed by atoms with E-state index < -0.39 is 11.7 Å². The number of anilines is 2. The van der Waals surface area contributed by atoms with Crippen LogP contribution in [0.2, 0.25) is 0 Å². The lowest BCUT2D eigenvalue weighted by Gasteiger charge is -2.12. The number of aromatic nitrogens is 2. The van der Waals surface area contributed by atoms with Gasteiger partial charge in [-0.05, 0) is 30.3 Å². The maximum Gasteiger partial charge on any atom is 0.416 e. The Hall–Kier alpha value is -3.56. The van der Waals surface area contributed by atoms with Crippen LogP contribution in [-0.2, 0) is 6.18 Å². The maximum absolute atomic E-state index is 12.9. The van der Waals surface area contributed by atoms with Crippen molar-refractivity contribution in [2.24, 2.45) is 16.5 Å². The van der Waals surface area contributed by atoms with Crippen LogP contribution in [0.5, 0.6) is 0 Å². The zero-order chi connectivity index (χ0) is 18.7. The van der Waals surface area contributed by atoms with E-state index in [4.69, 9.17) is 15.9 Å². The fourth-order valence-electron chi connectivity index (χ4n) is 2.19. The molecule has 0 saturated carbocycles. The number of hydrogen-bond donors (Lipinski definition) is 3. The Labute approximate surface area is 145 Å². The molecule has 0 fully saturated rings. The molecule has 1 heterocycles. The third kappa shape index (κ3) is 3.91. The molecule has 5 N–H and O–H groups in total. The van der Waals surface area contributed by atoms with Gasteiger partial charge >= 0.3 is 12.2 Å². The molecular formula is C16H13F3N6O. The van der Waals surface area contributed by atoms with Gasteiger partial charge in [-0.3, -0.25) is 0 Å². The number of rotatable bonds is 4. The Balaban J connectivity index is 1.93. The lowest BCUT2D eigenvalue weighted by atomic mass is 10.1. The zero-order valence-corrected chi connectivity index (χ0v) is 13.2. The molecule has 7 nitrogen and oxygen atoms in total. The van der Waals surface area contributed by atoms with Crippen LogP contribution < -0.4 is 16.8 Å². The van der Waals surface area contributed by atoms with Crippen molar-refractivity contribution in [1.82, 2.24) is 10.2 Å². The fraction of sp³-hybridized carbons (Fsp3) is 0.0625. The first-order chi connectivity index (χ1) is 12.3. The molecule has 0 saturated heterocycles. The van der Waals surface area contributed by atoms with Crippen LogP contribution in [0, 0.1) is 0 Å². The van der Waals surface area contributed by atoms with Crippen LogP contribution in [0.15, 0.2) is 57.9 Å². The third-order valence-corrected chi connectivity index (χ3v) is 3.27. The number of aliphatic imine (C=N–C) groups is 1. The second-order valence-corrected chi connectivity index (χ2v) is 5.18. The van der Waals surface area contributed by atoms with Gasteiger partial charge in [-0.1, -0.05) is 23.3 Å². The summed E-state index contributed by atoms with van der Waals surface area (Å²) in [7, 11) is 0. The molecule has 2 aromatic carbocycles. The molecule has 10 heteroatoms. The van der Waals surface area contributed by atoms with Gasteiger partial charge in [-0.2, -0.15) is 18.2 Å². The van der Waals surface area contributed by atoms with Crippen molar-refractivity contribution >= 4 is 23.3 Å². The van der Waals surface area contributed by atoms with Crippen LogP contribution >= 0.6 is 0 Å². The standard InChI is InChI=1S/C16H13F3N6O/c17-16(18,19)9-4-3-5-10(8-9)22-12-7-2-1-6-11(12)13-24-25-15(26-13)23-14(20)21/h1-8,22H,(H4,20,21,23,25). The number of alkyl halides is 3. The van der Waals surface area contributed by atoms with Crippen molar-refractivity contribution < 1.29 is 17.6 Å². The first-order valence-corrected chi connectivity index (χ1v) is 7.30. The Morgan fingerprint density at radius 1 is 1.04 bits per heavy atom. The highest BCUT2D eigenvalue weighted by molar-refractivity contribution is 5.79. The lowest BCUT2D eigenvalue weighted by Crippen LogP contribution is -2.21. The number of benzene rings is 2. The quantitative estimate of drug-likeness (QED) is 0.484. The number of nitrogens with zero attached hydrogens (tertiary/aromatic N) is 3. The molecule has 0 atom stereocenters. The second kappa shape index (κ2) is 6.75. The Bertz CT molecular complexity index is 947. The summed E-state index contributed by atoms with van der Waals surface area (Å²) in [4.78, 5) is 3.64. The molecule has 3 rings (SSSR count). The van der Waals surface area contributed by atoms with Gasteiger partial charge in [0, 0.05) is 5.69 Å². The van der Waals surface area contributed by atoms with E-state index in [1.807, 2.05) is 0 Å². The van der Waals surface area contributed by atoms with Crippen LogP contribution in [-0.4, -0.2) is 16.2 Å². The number of nitrogens with two attached hydrogens (primary N) is 2. The molecule has 0 unspecified atom stereocenters. The molecule has 0 amide bonds. The normalized spacial score (nSPS) is 11.2. The predicted molar refractivity (Wildman–Crippen MR) is 89.9 cm³/mol. The highest BCUT2D eigenvalue weighted by Gasteiger charge is 2.30. The highest BCUT2D eigenvalue weighted by Crippen LogP contribution is 2.34. The van der Waals surface area contributed by atoms with E-state index in [1.54, 1.807) is 24.3 Å². The monoisotopic (exact) mass is 362 g/mol. The number of nitrogens with one attached hydrogen (secondary N) is 1. The average molecular weight is 362 g/mol. The molecule has 0 aliphatic carbocycles. The lowest BCUT2D eigenvalue weighted by molar-refractivity contribution is -0.137. The number of para-hydroxylation sites is 1. The van der Waals surface area contributed by atoms with Gasteiger partial charge in [-0.15, -0.1) is 5.10 Å². The largest absolute Gasteiger partial charge is 0.416 e. The van der Waals surface area contributed by atoms with E-state index in [-0.39, 0.29) is 23.6 Å². The minimum absolute atomic E-state index is 0.111. The van der Waals surface area contributed by atoms with E-state index in [9.17, 15) is 13.2 Å². The van der Waals surface area contributed by atoms with Crippen molar-refractivity contribution in [2.75, 3.05) is 5.32 Å². The molecule has 134 valence electrons. The summed E-state index contributed by atoms with van der Waals surface area (Å²) in [5.41, 5.74) is 11.0. The Morgan fingerprint density at radius 2 is 1.81 bits per heavy atom. The molecule has 0 radical (unpaired) electrons. The summed E-state index contributed by atoms with van der Waals surface area (Å²) in [5.74, 6) is -0.129. The first-order valence-electron chi connectivity index (χ1n) is 7.30. The van der Waals surface area contributed by atoms with Gasteiger partial charge in [0.1, 0.15) is 0 Å². The van der Waals surface area contributed by atoms with Crippen molar-refractivity contribution in [3.63, 3.8) is 0 Å². The summed E-state index contributed by atoms with van der Waals surface area (Å²) in [6.45, 7) is 0. The van der Waals surface area contributed by atoms with Crippen molar-refractivity contribution in [3.05, 3.63) is 54.1 Å². The van der Waals surface area contributed by atoms with Gasteiger partial charge in [0.15, 0.2) is 5.96 Å². The van der Waals surface area contributed by atoms with Crippen molar-refractivity contribution in [3.8, 4) is 11.5 Å². The molecule has 0 aliphatic rings. The maximum atomic E-state index is 12.9. The van der Waals surface area contributed by atoms with E-state index in [1.165, 1.54) is 12.1 Å². The summed E-state index contributed by atoms with van der Waals surface area (Å²) < 4.78 is 43.9. The van der Waals surface area contributed by atoms with E-state index >= 15 is 0 Å². The highest BCUT2D eigenvalue weighted by atomic mass is 19.4. The summed E-state index contributed by atoms with van der Waals surface area (Å²) in [6, 6.07) is 11.5. The molecule has 1 aromatic heterocycles. The van der Waals surface area contributed by atoms with Crippen molar-refractivity contribution in [1.29, 1.82) is 0 Å². The third-order valence-electron chi connectivity index (χ3n) is 3.27. The number of hydrogen-bond acceptors (Lipinski definition) is 5. The summed E-state index contributed by atoms with van der Waals surface area (Å²) in [5, 5.41) is 10.5. The summed E-state index contributed by atoms with van der Waals surface area (Å²) in [6.07, 6.45) is -4.43. The molecule has 3 aromatic rings. The van der Waals surface area contributed by atoms with Crippen LogP contribution in [0.4, 0.5) is 30.6 Å². The molecule has 0 aliphatic heterocycles. The number of halogens is 3. The molecular weight excluding hydrogens is 349 g/mol.